The number of nitrogens with one attached hydrogen (secondary N) is 2. The van der Waals surface area contributed by atoms with Crippen LogP contribution in [0.2, 0.25) is 0 Å². The number of alkyl halides is 2. The summed E-state index contributed by atoms with van der Waals surface area (Å²) >= 11 is 0. The lowest BCUT2D eigenvalue weighted by molar-refractivity contribution is -0.0505. The largest absolute Gasteiger partial charge is 0.493 e. The standard InChI is InChI=1S/C22H36F2N4O2/c1-4-11-28-12-9-18(10-13-28)27-22(25-6-3)26-16-17-7-8-19(29-14-5-2)15-20(17)30-21(23)24/h7-8,15,18,21H,4-6,9-14,16H2,1-3H3,(H2,25,26,27). The second-order valence-corrected chi connectivity index (χ2v) is 7.45. The van der Waals surface area contributed by atoms with Crippen molar-refractivity contribution >= 4 is 5.96 Å². The van der Waals surface area contributed by atoms with E-state index in [0.717, 1.165) is 45.4 Å². The van der Waals surface area contributed by atoms with E-state index >= 15 is 0 Å². The Morgan fingerprint density at radius 2 is 1.97 bits per heavy atom. The van der Waals surface area contributed by atoms with Gasteiger partial charge in [-0.2, -0.15) is 8.78 Å². The normalized spacial score (nSPS) is 16.0. The first-order chi connectivity index (χ1) is 14.5. The van der Waals surface area contributed by atoms with Crippen LogP contribution in [0.4, 0.5) is 8.78 Å². The van der Waals surface area contributed by atoms with Crippen LogP contribution in [0.3, 0.4) is 0 Å². The molecule has 0 saturated carbocycles. The van der Waals surface area contributed by atoms with Gasteiger partial charge in [0.1, 0.15) is 11.5 Å². The highest BCUT2D eigenvalue weighted by Crippen LogP contribution is 2.27. The average Bonchev–Trinajstić information content (AvgIpc) is 2.72. The molecule has 8 heteroatoms. The number of likely N-dealkylation sites (tertiary alicyclic amines) is 1. The van der Waals surface area contributed by atoms with Crippen LogP contribution in [-0.4, -0.2) is 56.3 Å². The Morgan fingerprint density at radius 3 is 2.60 bits per heavy atom. The highest BCUT2D eigenvalue weighted by atomic mass is 19.3. The van der Waals surface area contributed by atoms with Gasteiger partial charge in [0, 0.05) is 37.3 Å². The molecule has 1 heterocycles. The van der Waals surface area contributed by atoms with E-state index in [9.17, 15) is 8.78 Å². The number of benzene rings is 1. The van der Waals surface area contributed by atoms with Crippen molar-refractivity contribution in [3.05, 3.63) is 23.8 Å². The molecule has 1 aliphatic heterocycles. The van der Waals surface area contributed by atoms with Crippen LogP contribution in [0, 0.1) is 0 Å². The van der Waals surface area contributed by atoms with Gasteiger partial charge in [-0.25, -0.2) is 4.99 Å². The molecule has 1 saturated heterocycles. The molecule has 2 N–H and O–H groups in total. The summed E-state index contributed by atoms with van der Waals surface area (Å²) in [5.74, 6) is 1.32. The first kappa shape index (κ1) is 24.2. The maximum Gasteiger partial charge on any atom is 0.387 e. The Morgan fingerprint density at radius 1 is 1.20 bits per heavy atom. The summed E-state index contributed by atoms with van der Waals surface area (Å²) in [7, 11) is 0. The van der Waals surface area contributed by atoms with Crippen LogP contribution >= 0.6 is 0 Å². The summed E-state index contributed by atoms with van der Waals surface area (Å²) < 4.78 is 36.0. The minimum Gasteiger partial charge on any atom is -0.493 e. The molecule has 1 fully saturated rings. The lowest BCUT2D eigenvalue weighted by Gasteiger charge is -2.32. The first-order valence-electron chi connectivity index (χ1n) is 11.0. The molecule has 0 aliphatic carbocycles. The van der Waals surface area contributed by atoms with Gasteiger partial charge in [-0.1, -0.05) is 13.8 Å². The smallest absolute Gasteiger partial charge is 0.387 e. The molecule has 1 aromatic carbocycles. The molecule has 170 valence electrons. The maximum atomic E-state index is 12.9. The molecule has 1 aromatic rings. The van der Waals surface area contributed by atoms with Gasteiger partial charge in [-0.05, 0) is 51.3 Å². The van der Waals surface area contributed by atoms with Crippen LogP contribution in [0.15, 0.2) is 23.2 Å². The van der Waals surface area contributed by atoms with E-state index < -0.39 is 6.61 Å². The van der Waals surface area contributed by atoms with Crippen molar-refractivity contribution in [3.8, 4) is 11.5 Å². The Hall–Kier alpha value is -2.09. The summed E-state index contributed by atoms with van der Waals surface area (Å²) in [6.07, 6.45) is 4.14. The molecule has 1 aliphatic rings. The number of nitrogens with zero attached hydrogens (tertiary/aromatic N) is 2. The number of ether oxygens (including phenoxy) is 2. The molecule has 6 nitrogen and oxygen atoms in total. The molecule has 2 rings (SSSR count). The average molecular weight is 427 g/mol. The predicted molar refractivity (Wildman–Crippen MR) is 117 cm³/mol. The zero-order valence-corrected chi connectivity index (χ0v) is 18.4. The van der Waals surface area contributed by atoms with Crippen molar-refractivity contribution in [3.63, 3.8) is 0 Å². The predicted octanol–water partition coefficient (Wildman–Crippen LogP) is 4.01. The summed E-state index contributed by atoms with van der Waals surface area (Å²) in [6.45, 7) is 8.10. The highest BCUT2D eigenvalue weighted by Gasteiger charge is 2.19. The Labute approximate surface area is 179 Å². The van der Waals surface area contributed by atoms with E-state index in [0.29, 0.717) is 29.9 Å². The monoisotopic (exact) mass is 426 g/mol. The fourth-order valence-electron chi connectivity index (χ4n) is 3.48. The van der Waals surface area contributed by atoms with E-state index in [1.54, 1.807) is 12.1 Å². The van der Waals surface area contributed by atoms with Gasteiger partial charge in [-0.3, -0.25) is 0 Å². The summed E-state index contributed by atoms with van der Waals surface area (Å²) in [4.78, 5) is 7.09. The maximum absolute atomic E-state index is 12.9. The topological polar surface area (TPSA) is 58.1 Å². The van der Waals surface area contributed by atoms with Gasteiger partial charge in [0.2, 0.25) is 0 Å². The van der Waals surface area contributed by atoms with Gasteiger partial charge in [0.15, 0.2) is 5.96 Å². The quantitative estimate of drug-likeness (QED) is 0.414. The van der Waals surface area contributed by atoms with E-state index in [2.05, 4.69) is 27.4 Å². The van der Waals surface area contributed by atoms with Crippen molar-refractivity contribution in [2.45, 2.75) is 65.7 Å². The minimum atomic E-state index is -2.89. The second kappa shape index (κ2) is 13.3. The van der Waals surface area contributed by atoms with Crippen LogP contribution < -0.4 is 20.1 Å². The molecule has 0 spiro atoms. The summed E-state index contributed by atoms with van der Waals surface area (Å²) in [6, 6.07) is 5.37. The van der Waals surface area contributed by atoms with Gasteiger partial charge in [0.25, 0.3) is 0 Å². The number of hydrogen-bond acceptors (Lipinski definition) is 4. The Balaban J connectivity index is 2.03. The Kier molecular flexibility index (Phi) is 10.7. The van der Waals surface area contributed by atoms with Gasteiger partial charge in [-0.15, -0.1) is 0 Å². The molecular weight excluding hydrogens is 390 g/mol. The van der Waals surface area contributed by atoms with Crippen LogP contribution in [0.1, 0.15) is 52.0 Å². The van der Waals surface area contributed by atoms with Crippen LogP contribution in [0.25, 0.3) is 0 Å². The van der Waals surface area contributed by atoms with Crippen molar-refractivity contribution in [2.24, 2.45) is 4.99 Å². The number of hydrogen-bond donors (Lipinski definition) is 2. The number of guanidine groups is 1. The van der Waals surface area contributed by atoms with E-state index in [1.807, 2.05) is 13.8 Å². The second-order valence-electron chi connectivity index (χ2n) is 7.45. The van der Waals surface area contributed by atoms with Gasteiger partial charge in [0.05, 0.1) is 13.2 Å². The lowest BCUT2D eigenvalue weighted by Crippen LogP contribution is -2.48. The lowest BCUT2D eigenvalue weighted by atomic mass is 10.1. The van der Waals surface area contributed by atoms with Crippen molar-refractivity contribution < 1.29 is 18.3 Å². The SMILES string of the molecule is CCCOc1ccc(CN=C(NCC)NC2CCN(CCC)CC2)c(OC(F)F)c1. The number of piperidine rings is 1. The molecule has 30 heavy (non-hydrogen) atoms. The number of aliphatic imine (C=N–C) groups is 1. The van der Waals surface area contributed by atoms with E-state index in [-0.39, 0.29) is 12.3 Å². The minimum absolute atomic E-state index is 0.103. The van der Waals surface area contributed by atoms with Gasteiger partial charge < -0.3 is 25.0 Å². The van der Waals surface area contributed by atoms with Crippen LogP contribution in [-0.2, 0) is 6.54 Å². The number of halogens is 2. The fraction of sp³-hybridized carbons (Fsp3) is 0.682. The van der Waals surface area contributed by atoms with Crippen molar-refractivity contribution in [1.82, 2.24) is 15.5 Å². The van der Waals surface area contributed by atoms with Crippen molar-refractivity contribution in [2.75, 3.05) is 32.8 Å². The third-order valence-electron chi connectivity index (χ3n) is 4.95. The zero-order chi connectivity index (χ0) is 21.8. The highest BCUT2D eigenvalue weighted by molar-refractivity contribution is 5.80. The third kappa shape index (κ3) is 8.34. The van der Waals surface area contributed by atoms with Gasteiger partial charge >= 0.3 is 6.61 Å². The summed E-state index contributed by atoms with van der Waals surface area (Å²) in [5.41, 5.74) is 0.592. The molecule has 0 atom stereocenters. The van der Waals surface area contributed by atoms with Crippen LogP contribution in [0.5, 0.6) is 11.5 Å². The Bertz CT molecular complexity index is 650. The molecule has 0 amide bonds. The fourth-order valence-corrected chi connectivity index (χ4v) is 3.48. The molecule has 0 bridgehead atoms. The van der Waals surface area contributed by atoms with Crippen molar-refractivity contribution in [1.29, 1.82) is 0 Å². The molecule has 0 aromatic heterocycles. The molecule has 0 radical (unpaired) electrons. The van der Waals surface area contributed by atoms with E-state index in [1.165, 1.54) is 12.5 Å². The molecule has 0 unspecified atom stereocenters. The number of rotatable bonds is 11. The third-order valence-corrected chi connectivity index (χ3v) is 4.95. The first-order valence-corrected chi connectivity index (χ1v) is 11.0. The zero-order valence-electron chi connectivity index (χ0n) is 18.4. The molecular formula is C22H36F2N4O2. The van der Waals surface area contributed by atoms with E-state index in [4.69, 9.17) is 9.47 Å². The summed E-state index contributed by atoms with van der Waals surface area (Å²) in [5, 5.41) is 6.74.